The smallest absolute Gasteiger partial charge is 0.0599 e. The molecule has 3 heteroatoms. The minimum absolute atomic E-state index is 0.448. The zero-order valence-electron chi connectivity index (χ0n) is 5.61. The SMILES string of the molecule is C[Si](C)(C)C(S)CCl. The Morgan fingerprint density at radius 1 is 1.50 bits per heavy atom. The van der Waals surface area contributed by atoms with Crippen molar-refractivity contribution in [1.82, 2.24) is 0 Å². The summed E-state index contributed by atoms with van der Waals surface area (Å²) in [5.74, 6) is 0.693. The molecule has 0 aromatic rings. The molecule has 0 saturated carbocycles. The Bertz CT molecular complexity index is 69.3. The lowest BCUT2D eigenvalue weighted by Gasteiger charge is -2.21. The molecule has 0 radical (unpaired) electrons. The molecular weight excluding hydrogens is 156 g/mol. The molecule has 1 atom stereocenters. The average molecular weight is 169 g/mol. The van der Waals surface area contributed by atoms with Crippen LogP contribution >= 0.6 is 24.2 Å². The first-order valence-corrected chi connectivity index (χ1v) is 7.35. The van der Waals surface area contributed by atoms with Crippen molar-refractivity contribution < 1.29 is 0 Å². The summed E-state index contributed by atoms with van der Waals surface area (Å²) in [7, 11) is -1.03. The molecule has 0 aliphatic rings. The van der Waals surface area contributed by atoms with E-state index in [2.05, 4.69) is 32.3 Å². The van der Waals surface area contributed by atoms with Crippen molar-refractivity contribution >= 4 is 32.3 Å². The molecule has 8 heavy (non-hydrogen) atoms. The fraction of sp³-hybridized carbons (Fsp3) is 1.00. The maximum atomic E-state index is 5.59. The van der Waals surface area contributed by atoms with Gasteiger partial charge in [0.05, 0.1) is 8.07 Å². The number of halogens is 1. The molecule has 0 bridgehead atoms. The van der Waals surface area contributed by atoms with E-state index in [9.17, 15) is 0 Å². The van der Waals surface area contributed by atoms with E-state index in [0.717, 1.165) is 0 Å². The minimum Gasteiger partial charge on any atom is -0.178 e. The first kappa shape index (κ1) is 8.86. The Balaban J connectivity index is 3.62. The third kappa shape index (κ3) is 3.00. The summed E-state index contributed by atoms with van der Waals surface area (Å²) in [6, 6.07) is 0. The van der Waals surface area contributed by atoms with Crippen molar-refractivity contribution in [3.8, 4) is 0 Å². The fourth-order valence-corrected chi connectivity index (χ4v) is 2.08. The summed E-state index contributed by atoms with van der Waals surface area (Å²) in [6.07, 6.45) is 0. The Morgan fingerprint density at radius 3 is 1.88 bits per heavy atom. The van der Waals surface area contributed by atoms with Crippen LogP contribution in [0.15, 0.2) is 0 Å². The van der Waals surface area contributed by atoms with Gasteiger partial charge in [0.1, 0.15) is 0 Å². The summed E-state index contributed by atoms with van der Waals surface area (Å²) in [5.41, 5.74) is 0. The van der Waals surface area contributed by atoms with Crippen molar-refractivity contribution in [3.05, 3.63) is 0 Å². The Labute approximate surface area is 63.0 Å². The van der Waals surface area contributed by atoms with Crippen LogP contribution in [0.25, 0.3) is 0 Å². The molecule has 0 saturated heterocycles. The molecule has 0 aliphatic heterocycles. The van der Waals surface area contributed by atoms with E-state index in [1.807, 2.05) is 0 Å². The van der Waals surface area contributed by atoms with Crippen LogP contribution in [0.5, 0.6) is 0 Å². The third-order valence-corrected chi connectivity index (χ3v) is 6.64. The Kier molecular flexibility index (Phi) is 3.47. The standard InChI is InChI=1S/C5H13ClSSi/c1-8(2,3)5(7)4-6/h5,7H,4H2,1-3H3. The number of thiol groups is 1. The molecule has 0 fully saturated rings. The highest BCUT2D eigenvalue weighted by Crippen LogP contribution is 2.14. The molecule has 0 aromatic carbocycles. The van der Waals surface area contributed by atoms with E-state index in [-0.39, 0.29) is 0 Å². The second kappa shape index (κ2) is 3.13. The van der Waals surface area contributed by atoms with E-state index in [1.165, 1.54) is 0 Å². The van der Waals surface area contributed by atoms with Gasteiger partial charge in [0, 0.05) is 10.8 Å². The lowest BCUT2D eigenvalue weighted by molar-refractivity contribution is 1.31. The third-order valence-electron chi connectivity index (χ3n) is 1.15. The van der Waals surface area contributed by atoms with Gasteiger partial charge in [-0.3, -0.25) is 0 Å². The van der Waals surface area contributed by atoms with E-state index < -0.39 is 8.07 Å². The van der Waals surface area contributed by atoms with Gasteiger partial charge in [0.15, 0.2) is 0 Å². The second-order valence-electron chi connectivity index (χ2n) is 3.04. The average Bonchev–Trinajstić information content (AvgIpc) is 1.62. The monoisotopic (exact) mass is 168 g/mol. The van der Waals surface area contributed by atoms with Gasteiger partial charge in [-0.1, -0.05) is 19.6 Å². The van der Waals surface area contributed by atoms with Gasteiger partial charge in [-0.15, -0.1) is 11.6 Å². The van der Waals surface area contributed by atoms with Crippen molar-refractivity contribution in [2.24, 2.45) is 0 Å². The molecule has 0 N–H and O–H groups in total. The van der Waals surface area contributed by atoms with Crippen LogP contribution in [0, 0.1) is 0 Å². The summed E-state index contributed by atoms with van der Waals surface area (Å²) in [5, 5.41) is 0. The summed E-state index contributed by atoms with van der Waals surface area (Å²) >= 11 is 9.94. The summed E-state index contributed by atoms with van der Waals surface area (Å²) in [4.78, 5) is 0.448. The Hall–Kier alpha value is 0.857. The van der Waals surface area contributed by atoms with E-state index in [4.69, 9.17) is 11.6 Å². The normalized spacial score (nSPS) is 16.1. The number of hydrogen-bond donors (Lipinski definition) is 1. The van der Waals surface area contributed by atoms with Crippen molar-refractivity contribution in [2.75, 3.05) is 5.88 Å². The topological polar surface area (TPSA) is 0 Å². The first-order valence-electron chi connectivity index (χ1n) is 2.72. The van der Waals surface area contributed by atoms with Crippen LogP contribution in [0.4, 0.5) is 0 Å². The van der Waals surface area contributed by atoms with Gasteiger partial charge in [-0.2, -0.15) is 12.6 Å². The van der Waals surface area contributed by atoms with Crippen LogP contribution in [0.3, 0.4) is 0 Å². The molecule has 1 unspecified atom stereocenters. The van der Waals surface area contributed by atoms with Gasteiger partial charge < -0.3 is 0 Å². The molecule has 0 nitrogen and oxygen atoms in total. The number of hydrogen-bond acceptors (Lipinski definition) is 1. The molecule has 0 aliphatic carbocycles. The molecule has 50 valence electrons. The van der Waals surface area contributed by atoms with E-state index in [1.54, 1.807) is 0 Å². The van der Waals surface area contributed by atoms with Gasteiger partial charge in [0.25, 0.3) is 0 Å². The largest absolute Gasteiger partial charge is 0.178 e. The molecular formula is C5H13ClSSi. The summed E-state index contributed by atoms with van der Waals surface area (Å²) < 4.78 is 0. The highest BCUT2D eigenvalue weighted by molar-refractivity contribution is 7.83. The van der Waals surface area contributed by atoms with E-state index >= 15 is 0 Å². The number of alkyl halides is 1. The van der Waals surface area contributed by atoms with Crippen molar-refractivity contribution in [3.63, 3.8) is 0 Å². The van der Waals surface area contributed by atoms with Crippen LogP contribution in [0.2, 0.25) is 19.6 Å². The van der Waals surface area contributed by atoms with Gasteiger partial charge >= 0.3 is 0 Å². The number of rotatable bonds is 2. The molecule has 0 heterocycles. The van der Waals surface area contributed by atoms with Crippen LogP contribution in [0.1, 0.15) is 0 Å². The molecule has 0 aromatic heterocycles. The van der Waals surface area contributed by atoms with Crippen molar-refractivity contribution in [1.29, 1.82) is 0 Å². The highest BCUT2D eigenvalue weighted by Gasteiger charge is 2.21. The minimum atomic E-state index is -1.03. The van der Waals surface area contributed by atoms with Crippen LogP contribution < -0.4 is 0 Å². The molecule has 0 rings (SSSR count). The van der Waals surface area contributed by atoms with E-state index in [0.29, 0.717) is 10.8 Å². The van der Waals surface area contributed by atoms with Crippen LogP contribution in [-0.4, -0.2) is 18.8 Å². The lowest BCUT2D eigenvalue weighted by atomic mass is 10.9. The zero-order valence-corrected chi connectivity index (χ0v) is 8.26. The fourth-order valence-electron chi connectivity index (χ4n) is 0.231. The predicted molar refractivity (Wildman–Crippen MR) is 46.8 cm³/mol. The first-order chi connectivity index (χ1) is 3.48. The molecule has 0 amide bonds. The van der Waals surface area contributed by atoms with Crippen LogP contribution in [-0.2, 0) is 0 Å². The highest BCUT2D eigenvalue weighted by atomic mass is 35.5. The van der Waals surface area contributed by atoms with Gasteiger partial charge in [-0.25, -0.2) is 0 Å². The Morgan fingerprint density at radius 2 is 1.88 bits per heavy atom. The maximum absolute atomic E-state index is 5.59. The zero-order chi connectivity index (χ0) is 6.78. The second-order valence-corrected chi connectivity index (χ2v) is 9.88. The lowest BCUT2D eigenvalue weighted by Crippen LogP contribution is -2.35. The maximum Gasteiger partial charge on any atom is 0.0599 e. The summed E-state index contributed by atoms with van der Waals surface area (Å²) in [6.45, 7) is 6.81. The van der Waals surface area contributed by atoms with Crippen molar-refractivity contribution in [2.45, 2.75) is 24.5 Å². The van der Waals surface area contributed by atoms with Gasteiger partial charge in [-0.05, 0) is 0 Å². The quantitative estimate of drug-likeness (QED) is 0.366. The molecule has 0 spiro atoms. The predicted octanol–water partition coefficient (Wildman–Crippen LogP) is 2.40. The van der Waals surface area contributed by atoms with Gasteiger partial charge in [0.2, 0.25) is 0 Å².